The van der Waals surface area contributed by atoms with Gasteiger partial charge in [0.15, 0.2) is 0 Å². The molecule has 0 unspecified atom stereocenters. The maximum absolute atomic E-state index is 10.3. The normalized spacial score (nSPS) is 11.1. The number of rotatable bonds is 51. The van der Waals surface area contributed by atoms with Gasteiger partial charge in [0.2, 0.25) is 0 Å². The van der Waals surface area contributed by atoms with Crippen LogP contribution in [0.3, 0.4) is 0 Å². The minimum Gasteiger partial charge on any atom is -0.478 e. The third-order valence-electron chi connectivity index (χ3n) is 12.7. The van der Waals surface area contributed by atoms with E-state index in [0.717, 1.165) is 38.5 Å². The Morgan fingerprint density at radius 3 is 0.478 bits per heavy atom. The van der Waals surface area contributed by atoms with Crippen LogP contribution in [0.2, 0.25) is 0 Å². The number of carboxylic acids is 3. The summed E-state index contributed by atoms with van der Waals surface area (Å²) in [5.74, 6) is -2.50. The Hall–Kier alpha value is -1.11. The van der Waals surface area contributed by atoms with Gasteiger partial charge >= 0.3 is 17.9 Å². The van der Waals surface area contributed by atoms with E-state index in [9.17, 15) is 14.4 Å². The Kier molecular flexibility index (Phi) is 74.8. The van der Waals surface area contributed by atoms with Crippen molar-refractivity contribution >= 4 is 17.9 Å². The summed E-state index contributed by atoms with van der Waals surface area (Å²) < 4.78 is 0. The summed E-state index contributed by atoms with van der Waals surface area (Å²) in [6.45, 7) is 6.82. The van der Waals surface area contributed by atoms with Gasteiger partial charge in [0.25, 0.3) is 0 Å². The van der Waals surface area contributed by atoms with Crippen LogP contribution in [0.4, 0.5) is 0 Å². The van der Waals surface area contributed by atoms with E-state index in [1.54, 1.807) is 18.2 Å². The molecule has 0 saturated carbocycles. The third kappa shape index (κ3) is 82.2. The summed E-state index contributed by atoms with van der Waals surface area (Å²) in [6.07, 6.45) is 73.5. The van der Waals surface area contributed by atoms with Gasteiger partial charge in [-0.05, 0) is 38.5 Å². The Morgan fingerprint density at radius 2 is 0.358 bits per heavy atom. The summed E-state index contributed by atoms with van der Waals surface area (Å²) in [6, 6.07) is 0. The second-order valence-corrected chi connectivity index (χ2v) is 19.4. The number of unbranched alkanes of at least 4 members (excludes halogenated alkanes) is 45. The summed E-state index contributed by atoms with van der Waals surface area (Å²) in [7, 11) is 0. The summed E-state index contributed by atoms with van der Waals surface area (Å²) in [4.78, 5) is 30.8. The molecule has 6 nitrogen and oxygen atoms in total. The molecule has 1 radical (unpaired) electrons. The fourth-order valence-corrected chi connectivity index (χ4v) is 8.45. The zero-order chi connectivity index (χ0) is 48.9. The smallest absolute Gasteiger partial charge is 0.327 e. The molecular formula is C60H114HoO6. The fourth-order valence-electron chi connectivity index (χ4n) is 8.45. The first-order valence-electron chi connectivity index (χ1n) is 29.0. The van der Waals surface area contributed by atoms with Crippen LogP contribution in [-0.4, -0.2) is 33.2 Å². The monoisotopic (exact) mass is 1100 g/mol. The molecule has 0 saturated heterocycles. The van der Waals surface area contributed by atoms with Crippen LogP contribution in [0, 0.1) is 37.7 Å². The first-order chi connectivity index (χ1) is 32.3. The molecule has 3 N–H and O–H groups in total. The van der Waals surface area contributed by atoms with Crippen LogP contribution in [0.25, 0.3) is 0 Å². The van der Waals surface area contributed by atoms with E-state index in [1.165, 1.54) is 288 Å². The van der Waals surface area contributed by atoms with Crippen LogP contribution in [0.5, 0.6) is 0 Å². The molecule has 0 fully saturated rings. The van der Waals surface area contributed by atoms with E-state index in [1.807, 2.05) is 0 Å². The van der Waals surface area contributed by atoms with Gasteiger partial charge in [-0.2, -0.15) is 0 Å². The summed E-state index contributed by atoms with van der Waals surface area (Å²) in [5.41, 5.74) is 0. The van der Waals surface area contributed by atoms with Gasteiger partial charge < -0.3 is 15.3 Å². The van der Waals surface area contributed by atoms with Crippen molar-refractivity contribution in [2.24, 2.45) is 0 Å². The van der Waals surface area contributed by atoms with Gasteiger partial charge in [-0.3, -0.25) is 0 Å². The van der Waals surface area contributed by atoms with Crippen molar-refractivity contribution in [1.82, 2.24) is 0 Å². The van der Waals surface area contributed by atoms with Crippen LogP contribution in [0.15, 0.2) is 36.5 Å². The molecule has 0 spiro atoms. The Labute approximate surface area is 447 Å². The summed E-state index contributed by atoms with van der Waals surface area (Å²) in [5, 5.41) is 25.4. The first-order valence-corrected chi connectivity index (χ1v) is 29.0. The molecule has 67 heavy (non-hydrogen) atoms. The standard InChI is InChI=1S/3C20H38O2.Ho/c3*1-2-3-4-5-6-7-8-9-10-11-12-13-14-15-16-17-18-19-20(21)22;/h3*18-19H,2-17H2,1H3,(H,21,22);. The molecule has 0 atom stereocenters. The SMILES string of the molecule is CCCCCCCCCCCCCCCCCC=CC(=O)O.CCCCCCCCCCCCCCCCCC=CC(=O)O.CCCCCCCCCCCCCCCCCC=CC(=O)O.[Ho]. The van der Waals surface area contributed by atoms with E-state index in [0.29, 0.717) is 0 Å². The second kappa shape index (κ2) is 69.2. The van der Waals surface area contributed by atoms with Crippen molar-refractivity contribution < 1.29 is 67.4 Å². The third-order valence-corrected chi connectivity index (χ3v) is 12.7. The van der Waals surface area contributed by atoms with Gasteiger partial charge in [0, 0.05) is 56.0 Å². The van der Waals surface area contributed by atoms with Crippen molar-refractivity contribution in [1.29, 1.82) is 0 Å². The molecule has 0 aliphatic carbocycles. The van der Waals surface area contributed by atoms with E-state index in [-0.39, 0.29) is 37.7 Å². The molecule has 0 aromatic rings. The Balaban J connectivity index is -0.000000441. The van der Waals surface area contributed by atoms with Crippen molar-refractivity contribution in [3.05, 3.63) is 36.5 Å². The molecule has 0 amide bonds. The van der Waals surface area contributed by atoms with Crippen molar-refractivity contribution in [3.63, 3.8) is 0 Å². The minimum absolute atomic E-state index is 0. The molecule has 401 valence electrons. The molecule has 7 heteroatoms. The van der Waals surface area contributed by atoms with E-state index >= 15 is 0 Å². The van der Waals surface area contributed by atoms with Gasteiger partial charge in [0.05, 0.1) is 0 Å². The molecule has 0 rings (SSSR count). The predicted octanol–water partition coefficient (Wildman–Crippen LogP) is 20.7. The largest absolute Gasteiger partial charge is 0.478 e. The molecular weight excluding hydrogens is 982 g/mol. The number of carboxylic acid groups (broad SMARTS) is 3. The van der Waals surface area contributed by atoms with Crippen molar-refractivity contribution in [2.45, 2.75) is 329 Å². The zero-order valence-electron chi connectivity index (χ0n) is 44.8. The molecule has 0 heterocycles. The van der Waals surface area contributed by atoms with Crippen molar-refractivity contribution in [2.75, 3.05) is 0 Å². The van der Waals surface area contributed by atoms with E-state index < -0.39 is 17.9 Å². The topological polar surface area (TPSA) is 112 Å². The van der Waals surface area contributed by atoms with Crippen LogP contribution in [0.1, 0.15) is 329 Å². The second-order valence-electron chi connectivity index (χ2n) is 19.4. The number of aliphatic carboxylic acids is 3. The van der Waals surface area contributed by atoms with Gasteiger partial charge in [-0.25, -0.2) is 14.4 Å². The molecule has 0 aliphatic rings. The average Bonchev–Trinajstić information content (AvgIpc) is 3.29. The van der Waals surface area contributed by atoms with Crippen molar-refractivity contribution in [3.8, 4) is 0 Å². The fraction of sp³-hybridized carbons (Fsp3) is 0.850. The average molecular weight is 1100 g/mol. The molecule has 0 aromatic carbocycles. The predicted molar refractivity (Wildman–Crippen MR) is 289 cm³/mol. The zero-order valence-corrected chi connectivity index (χ0v) is 46.7. The van der Waals surface area contributed by atoms with E-state index in [4.69, 9.17) is 15.3 Å². The van der Waals surface area contributed by atoms with Gasteiger partial charge in [-0.1, -0.05) is 309 Å². The molecule has 0 aromatic heterocycles. The number of hydrogen-bond acceptors (Lipinski definition) is 3. The first kappa shape index (κ1) is 72.4. The number of allylic oxidation sites excluding steroid dienone is 3. The molecule has 0 bridgehead atoms. The quantitative estimate of drug-likeness (QED) is 0.0318. The van der Waals surface area contributed by atoms with E-state index in [2.05, 4.69) is 20.8 Å². The maximum Gasteiger partial charge on any atom is 0.327 e. The summed E-state index contributed by atoms with van der Waals surface area (Å²) >= 11 is 0. The Morgan fingerprint density at radius 1 is 0.239 bits per heavy atom. The maximum atomic E-state index is 10.3. The minimum atomic E-state index is -0.832. The van der Waals surface area contributed by atoms with Crippen LogP contribution < -0.4 is 0 Å². The van der Waals surface area contributed by atoms with Crippen LogP contribution in [-0.2, 0) is 14.4 Å². The number of hydrogen-bond donors (Lipinski definition) is 3. The molecule has 0 aliphatic heterocycles. The van der Waals surface area contributed by atoms with Gasteiger partial charge in [-0.15, -0.1) is 0 Å². The van der Waals surface area contributed by atoms with Crippen LogP contribution >= 0.6 is 0 Å². The van der Waals surface area contributed by atoms with Gasteiger partial charge in [0.1, 0.15) is 0 Å². The Bertz CT molecular complexity index is 911. The number of carbonyl (C=O) groups is 3.